The number of halogens is 1. The van der Waals surface area contributed by atoms with Crippen LogP contribution >= 0.6 is 23.4 Å². The van der Waals surface area contributed by atoms with E-state index in [9.17, 15) is 0 Å². The molecule has 3 heterocycles. The molecular formula is C13H11ClN5S+. The molecule has 0 aromatic carbocycles. The molecule has 7 heteroatoms. The third-order valence-electron chi connectivity index (χ3n) is 2.74. The molecule has 100 valence electrons. The number of pyridine rings is 2. The zero-order chi connectivity index (χ0) is 13.9. The van der Waals surface area contributed by atoms with E-state index in [2.05, 4.69) is 25.7 Å². The van der Waals surface area contributed by atoms with Gasteiger partial charge in [0.1, 0.15) is 12.5 Å². The maximum Gasteiger partial charge on any atom is 0.245 e. The van der Waals surface area contributed by atoms with Crippen molar-refractivity contribution < 1.29 is 4.57 Å². The van der Waals surface area contributed by atoms with Gasteiger partial charge in [0.15, 0.2) is 12.0 Å². The standard InChI is InChI=1S/C13H11ClN5S/c1-20-12-4-2-3-7-18(12)10-5-6-11(15-8-10)19-9-16-13(14)17-19/h2-9H,1H3/q+1. The number of aromatic nitrogens is 5. The molecule has 0 aliphatic rings. The second-order valence-corrected chi connectivity index (χ2v) is 5.11. The molecule has 3 rings (SSSR count). The summed E-state index contributed by atoms with van der Waals surface area (Å²) in [6, 6.07) is 9.93. The van der Waals surface area contributed by atoms with Crippen molar-refractivity contribution in [1.82, 2.24) is 19.7 Å². The minimum Gasteiger partial charge on any atom is -0.230 e. The van der Waals surface area contributed by atoms with Crippen LogP contribution in [0.2, 0.25) is 5.28 Å². The molecule has 0 unspecified atom stereocenters. The van der Waals surface area contributed by atoms with E-state index < -0.39 is 0 Å². The molecule has 3 aromatic rings. The van der Waals surface area contributed by atoms with Crippen LogP contribution in [0.25, 0.3) is 11.5 Å². The minimum absolute atomic E-state index is 0.206. The summed E-state index contributed by atoms with van der Waals surface area (Å²) in [6.45, 7) is 0. The van der Waals surface area contributed by atoms with Crippen LogP contribution in [0.15, 0.2) is 54.1 Å². The summed E-state index contributed by atoms with van der Waals surface area (Å²) in [5, 5.41) is 5.37. The Morgan fingerprint density at radius 1 is 1.20 bits per heavy atom. The van der Waals surface area contributed by atoms with Crippen molar-refractivity contribution in [1.29, 1.82) is 0 Å². The lowest BCUT2D eigenvalue weighted by Gasteiger charge is -2.01. The summed E-state index contributed by atoms with van der Waals surface area (Å²) in [4.78, 5) is 8.26. The first kappa shape index (κ1) is 13.1. The third kappa shape index (κ3) is 2.52. The van der Waals surface area contributed by atoms with Gasteiger partial charge in [-0.15, -0.1) is 5.10 Å². The Morgan fingerprint density at radius 2 is 2.10 bits per heavy atom. The molecule has 0 spiro atoms. The van der Waals surface area contributed by atoms with E-state index in [1.165, 1.54) is 11.0 Å². The van der Waals surface area contributed by atoms with Gasteiger partial charge in [0, 0.05) is 18.2 Å². The number of rotatable bonds is 3. The zero-order valence-electron chi connectivity index (χ0n) is 10.6. The van der Waals surface area contributed by atoms with E-state index in [4.69, 9.17) is 11.6 Å². The number of nitrogens with zero attached hydrogens (tertiary/aromatic N) is 5. The van der Waals surface area contributed by atoms with Crippen molar-refractivity contribution >= 4 is 23.4 Å². The van der Waals surface area contributed by atoms with E-state index in [-0.39, 0.29) is 5.28 Å². The van der Waals surface area contributed by atoms with Gasteiger partial charge in [-0.25, -0.2) is 14.6 Å². The van der Waals surface area contributed by atoms with Gasteiger partial charge in [0.2, 0.25) is 16.0 Å². The van der Waals surface area contributed by atoms with Gasteiger partial charge in [-0.3, -0.25) is 0 Å². The maximum absolute atomic E-state index is 5.70. The van der Waals surface area contributed by atoms with Gasteiger partial charge < -0.3 is 0 Å². The first-order valence-electron chi connectivity index (χ1n) is 5.86. The van der Waals surface area contributed by atoms with Crippen molar-refractivity contribution in [3.63, 3.8) is 0 Å². The topological polar surface area (TPSA) is 47.5 Å². The van der Waals surface area contributed by atoms with Crippen molar-refractivity contribution in [2.75, 3.05) is 6.26 Å². The summed E-state index contributed by atoms with van der Waals surface area (Å²) in [6.07, 6.45) is 7.39. The molecule has 0 fully saturated rings. The van der Waals surface area contributed by atoms with Crippen LogP contribution in [0.4, 0.5) is 0 Å². The van der Waals surface area contributed by atoms with Crippen molar-refractivity contribution in [3.8, 4) is 11.5 Å². The summed E-state index contributed by atoms with van der Waals surface area (Å²) >= 11 is 7.38. The fourth-order valence-electron chi connectivity index (χ4n) is 1.82. The summed E-state index contributed by atoms with van der Waals surface area (Å²) in [5.74, 6) is 0.676. The second-order valence-electron chi connectivity index (χ2n) is 3.95. The van der Waals surface area contributed by atoms with Crippen LogP contribution in [0.1, 0.15) is 0 Å². The molecule has 0 N–H and O–H groups in total. The van der Waals surface area contributed by atoms with Gasteiger partial charge in [-0.05, 0) is 30.0 Å². The Morgan fingerprint density at radius 3 is 2.75 bits per heavy atom. The average molecular weight is 305 g/mol. The summed E-state index contributed by atoms with van der Waals surface area (Å²) < 4.78 is 3.62. The van der Waals surface area contributed by atoms with Crippen LogP contribution in [0.5, 0.6) is 0 Å². The third-order valence-corrected chi connectivity index (χ3v) is 3.66. The molecule has 20 heavy (non-hydrogen) atoms. The second kappa shape index (κ2) is 5.60. The van der Waals surface area contributed by atoms with Gasteiger partial charge in [0.25, 0.3) is 0 Å². The fourth-order valence-corrected chi connectivity index (χ4v) is 2.52. The molecule has 0 atom stereocenters. The van der Waals surface area contributed by atoms with Gasteiger partial charge >= 0.3 is 0 Å². The Hall–Kier alpha value is -1.92. The van der Waals surface area contributed by atoms with Crippen LogP contribution in [0, 0.1) is 0 Å². The van der Waals surface area contributed by atoms with Crippen molar-refractivity contribution in [2.24, 2.45) is 0 Å². The lowest BCUT2D eigenvalue weighted by molar-refractivity contribution is -0.636. The quantitative estimate of drug-likeness (QED) is 0.550. The molecule has 0 aliphatic carbocycles. The Bertz CT molecular complexity index is 726. The summed E-state index contributed by atoms with van der Waals surface area (Å²) in [5.41, 5.74) is 0.991. The largest absolute Gasteiger partial charge is 0.245 e. The minimum atomic E-state index is 0.206. The molecular weight excluding hydrogens is 294 g/mol. The highest BCUT2D eigenvalue weighted by Gasteiger charge is 2.12. The van der Waals surface area contributed by atoms with E-state index in [1.54, 1.807) is 18.0 Å². The number of thioether (sulfide) groups is 1. The van der Waals surface area contributed by atoms with Gasteiger partial charge in [-0.2, -0.15) is 4.57 Å². The molecule has 0 saturated heterocycles. The highest BCUT2D eigenvalue weighted by molar-refractivity contribution is 7.98. The maximum atomic E-state index is 5.70. The lowest BCUT2D eigenvalue weighted by Crippen LogP contribution is -2.32. The Balaban J connectivity index is 1.97. The number of hydrogen-bond acceptors (Lipinski definition) is 4. The molecule has 3 aromatic heterocycles. The fraction of sp³-hybridized carbons (Fsp3) is 0.0769. The highest BCUT2D eigenvalue weighted by atomic mass is 35.5. The van der Waals surface area contributed by atoms with Gasteiger partial charge in [-0.1, -0.05) is 11.8 Å². The predicted octanol–water partition coefficient (Wildman–Crippen LogP) is 2.31. The van der Waals surface area contributed by atoms with Crippen LogP contribution in [0.3, 0.4) is 0 Å². The number of hydrogen-bond donors (Lipinski definition) is 0. The van der Waals surface area contributed by atoms with E-state index in [1.807, 2.05) is 36.7 Å². The van der Waals surface area contributed by atoms with E-state index >= 15 is 0 Å². The van der Waals surface area contributed by atoms with Crippen LogP contribution < -0.4 is 4.57 Å². The monoisotopic (exact) mass is 304 g/mol. The zero-order valence-corrected chi connectivity index (χ0v) is 12.2. The molecule has 0 saturated carbocycles. The van der Waals surface area contributed by atoms with Crippen LogP contribution in [-0.2, 0) is 0 Å². The predicted molar refractivity (Wildman–Crippen MR) is 77.5 cm³/mol. The first-order chi connectivity index (χ1) is 9.78. The van der Waals surface area contributed by atoms with E-state index in [0.717, 1.165) is 10.7 Å². The van der Waals surface area contributed by atoms with Crippen molar-refractivity contribution in [2.45, 2.75) is 5.03 Å². The molecule has 0 radical (unpaired) electrons. The van der Waals surface area contributed by atoms with Gasteiger partial charge in [0.05, 0.1) is 0 Å². The molecule has 0 bridgehead atoms. The molecule has 5 nitrogen and oxygen atoms in total. The van der Waals surface area contributed by atoms with Crippen LogP contribution in [-0.4, -0.2) is 26.0 Å². The average Bonchev–Trinajstić information content (AvgIpc) is 2.94. The molecule has 0 aliphatic heterocycles. The normalized spacial score (nSPS) is 10.7. The Labute approximate surface area is 125 Å². The van der Waals surface area contributed by atoms with E-state index in [0.29, 0.717) is 5.82 Å². The Kier molecular flexibility index (Phi) is 3.66. The highest BCUT2D eigenvalue weighted by Crippen LogP contribution is 2.12. The first-order valence-corrected chi connectivity index (χ1v) is 7.47. The molecule has 0 amide bonds. The smallest absolute Gasteiger partial charge is 0.230 e. The SMILES string of the molecule is CSc1cccc[n+]1-c1ccc(-n2cnc(Cl)n2)nc1. The van der Waals surface area contributed by atoms with Crippen molar-refractivity contribution in [3.05, 3.63) is 54.3 Å². The summed E-state index contributed by atoms with van der Waals surface area (Å²) in [7, 11) is 0. The lowest BCUT2D eigenvalue weighted by atomic mass is 10.3.